The lowest BCUT2D eigenvalue weighted by Crippen LogP contribution is -2.38. The molecule has 2 fully saturated rings. The van der Waals surface area contributed by atoms with E-state index in [1.54, 1.807) is 12.0 Å². The van der Waals surface area contributed by atoms with Gasteiger partial charge in [-0.2, -0.15) is 0 Å². The maximum absolute atomic E-state index is 12.2. The first-order valence-corrected chi connectivity index (χ1v) is 8.62. The van der Waals surface area contributed by atoms with Gasteiger partial charge in [0.05, 0.1) is 20.3 Å². The summed E-state index contributed by atoms with van der Waals surface area (Å²) in [6.07, 6.45) is -2.14. The number of benzene rings is 2. The summed E-state index contributed by atoms with van der Waals surface area (Å²) in [7, 11) is 1.60. The molecular formula is C20H21NO5. The summed E-state index contributed by atoms with van der Waals surface area (Å²) in [4.78, 5) is 13.8. The fourth-order valence-corrected chi connectivity index (χ4v) is 3.65. The van der Waals surface area contributed by atoms with Crippen molar-refractivity contribution in [3.8, 4) is 5.75 Å². The molecule has 26 heavy (non-hydrogen) atoms. The summed E-state index contributed by atoms with van der Waals surface area (Å²) in [6.45, 7) is 0.589. The molecule has 2 aliphatic heterocycles. The topological polar surface area (TPSA) is 68.2 Å². The van der Waals surface area contributed by atoms with E-state index in [1.165, 1.54) is 0 Å². The van der Waals surface area contributed by atoms with Crippen molar-refractivity contribution in [1.29, 1.82) is 0 Å². The van der Waals surface area contributed by atoms with Crippen molar-refractivity contribution in [1.82, 2.24) is 4.90 Å². The third kappa shape index (κ3) is 3.02. The number of aliphatic hydroxyl groups is 1. The molecule has 2 aromatic carbocycles. The van der Waals surface area contributed by atoms with E-state index in [0.29, 0.717) is 6.61 Å². The second-order valence-electron chi connectivity index (χ2n) is 6.55. The van der Waals surface area contributed by atoms with Crippen LogP contribution in [0.1, 0.15) is 17.2 Å². The highest BCUT2D eigenvalue weighted by atomic mass is 16.6. The largest absolute Gasteiger partial charge is 0.497 e. The number of fused-ring (bicyclic) bond motifs is 1. The van der Waals surface area contributed by atoms with Crippen molar-refractivity contribution in [2.45, 2.75) is 31.0 Å². The number of hydrogen-bond acceptors (Lipinski definition) is 5. The molecule has 0 aliphatic carbocycles. The molecule has 2 saturated heterocycles. The van der Waals surface area contributed by atoms with Crippen LogP contribution in [0.3, 0.4) is 0 Å². The van der Waals surface area contributed by atoms with Crippen molar-refractivity contribution >= 4 is 6.09 Å². The molecule has 136 valence electrons. The van der Waals surface area contributed by atoms with Crippen LogP contribution in [-0.4, -0.2) is 48.0 Å². The maximum atomic E-state index is 12.2. The molecule has 0 radical (unpaired) electrons. The summed E-state index contributed by atoms with van der Waals surface area (Å²) >= 11 is 0. The minimum absolute atomic E-state index is 0.218. The smallest absolute Gasteiger partial charge is 0.411 e. The van der Waals surface area contributed by atoms with Crippen LogP contribution in [0.15, 0.2) is 54.6 Å². The van der Waals surface area contributed by atoms with Crippen molar-refractivity contribution in [2.75, 3.05) is 13.7 Å². The van der Waals surface area contributed by atoms with Gasteiger partial charge >= 0.3 is 6.09 Å². The van der Waals surface area contributed by atoms with Gasteiger partial charge in [0.15, 0.2) is 6.10 Å². The molecule has 2 aromatic rings. The number of methoxy groups -OCH3 is 1. The lowest BCUT2D eigenvalue weighted by atomic mass is 9.98. The van der Waals surface area contributed by atoms with E-state index in [1.807, 2.05) is 54.6 Å². The summed E-state index contributed by atoms with van der Waals surface area (Å²) in [5.74, 6) is 0.735. The maximum Gasteiger partial charge on any atom is 0.411 e. The Morgan fingerprint density at radius 2 is 1.88 bits per heavy atom. The number of amides is 1. The predicted octanol–water partition coefficient (Wildman–Crippen LogP) is 2.52. The van der Waals surface area contributed by atoms with Gasteiger partial charge in [-0.05, 0) is 23.3 Å². The van der Waals surface area contributed by atoms with Crippen molar-refractivity contribution in [2.24, 2.45) is 0 Å². The highest BCUT2D eigenvalue weighted by Gasteiger charge is 2.55. The van der Waals surface area contributed by atoms with Gasteiger partial charge in [0.25, 0.3) is 0 Å². The zero-order valence-electron chi connectivity index (χ0n) is 14.4. The van der Waals surface area contributed by atoms with E-state index in [9.17, 15) is 9.90 Å². The first-order valence-electron chi connectivity index (χ1n) is 8.62. The number of nitrogens with zero attached hydrogens (tertiary/aromatic N) is 1. The minimum Gasteiger partial charge on any atom is -0.497 e. The Bertz CT molecular complexity index is 764. The third-order valence-electron chi connectivity index (χ3n) is 4.96. The number of hydrogen-bond donors (Lipinski definition) is 1. The average Bonchev–Trinajstić information content (AvgIpc) is 3.17. The summed E-state index contributed by atoms with van der Waals surface area (Å²) in [5, 5.41) is 10.4. The number of aliphatic hydroxyl groups excluding tert-OH is 1. The van der Waals surface area contributed by atoms with Gasteiger partial charge in [-0.1, -0.05) is 42.5 Å². The Morgan fingerprint density at radius 3 is 2.58 bits per heavy atom. The normalized spacial score (nSPS) is 27.3. The van der Waals surface area contributed by atoms with E-state index in [4.69, 9.17) is 14.2 Å². The number of carbonyl (C=O) groups excluding carboxylic acids is 1. The molecule has 0 spiro atoms. The molecule has 0 bridgehead atoms. The Kier molecular flexibility index (Phi) is 4.53. The fraction of sp³-hybridized carbons (Fsp3) is 0.350. The molecule has 4 atom stereocenters. The Morgan fingerprint density at radius 1 is 1.15 bits per heavy atom. The Balaban J connectivity index is 1.55. The lowest BCUT2D eigenvalue weighted by Gasteiger charge is -2.25. The first kappa shape index (κ1) is 16.9. The number of cyclic esters (lactones) is 1. The highest BCUT2D eigenvalue weighted by molar-refractivity contribution is 5.72. The van der Waals surface area contributed by atoms with Crippen molar-refractivity contribution < 1.29 is 24.1 Å². The number of ether oxygens (including phenoxy) is 3. The molecular weight excluding hydrogens is 334 g/mol. The molecule has 4 rings (SSSR count). The summed E-state index contributed by atoms with van der Waals surface area (Å²) < 4.78 is 16.8. The quantitative estimate of drug-likeness (QED) is 0.893. The molecule has 0 aromatic heterocycles. The second-order valence-corrected chi connectivity index (χ2v) is 6.55. The monoisotopic (exact) mass is 355 g/mol. The highest BCUT2D eigenvalue weighted by Crippen LogP contribution is 2.40. The van der Waals surface area contributed by atoms with Crippen LogP contribution in [-0.2, 0) is 16.1 Å². The second kappa shape index (κ2) is 6.97. The van der Waals surface area contributed by atoms with Gasteiger partial charge in [0.2, 0.25) is 0 Å². The van der Waals surface area contributed by atoms with E-state index in [0.717, 1.165) is 16.9 Å². The van der Waals surface area contributed by atoms with Gasteiger partial charge in [-0.15, -0.1) is 0 Å². The zero-order valence-corrected chi connectivity index (χ0v) is 14.4. The van der Waals surface area contributed by atoms with Crippen molar-refractivity contribution in [3.63, 3.8) is 0 Å². The summed E-state index contributed by atoms with van der Waals surface area (Å²) in [6, 6.07) is 16.8. The zero-order chi connectivity index (χ0) is 18.1. The van der Waals surface area contributed by atoms with E-state index in [2.05, 4.69) is 0 Å². The van der Waals surface area contributed by atoms with Crippen LogP contribution >= 0.6 is 0 Å². The van der Waals surface area contributed by atoms with Crippen LogP contribution in [0.4, 0.5) is 4.79 Å². The van der Waals surface area contributed by atoms with Crippen molar-refractivity contribution in [3.05, 3.63) is 65.7 Å². The van der Waals surface area contributed by atoms with Crippen LogP contribution in [0, 0.1) is 0 Å². The fourth-order valence-electron chi connectivity index (χ4n) is 3.65. The van der Waals surface area contributed by atoms with Gasteiger partial charge in [0.1, 0.15) is 24.0 Å². The van der Waals surface area contributed by atoms with Crippen LogP contribution in [0.2, 0.25) is 0 Å². The molecule has 6 nitrogen and oxygen atoms in total. The van der Waals surface area contributed by atoms with Crippen LogP contribution in [0.5, 0.6) is 5.75 Å². The first-order chi connectivity index (χ1) is 12.7. The van der Waals surface area contributed by atoms with Gasteiger partial charge < -0.3 is 19.3 Å². The number of carbonyl (C=O) groups is 1. The van der Waals surface area contributed by atoms with Gasteiger partial charge in [0, 0.05) is 0 Å². The molecule has 0 saturated carbocycles. The minimum atomic E-state index is -0.739. The van der Waals surface area contributed by atoms with Crippen LogP contribution < -0.4 is 4.74 Å². The molecule has 6 heteroatoms. The van der Waals surface area contributed by atoms with Gasteiger partial charge in [-0.25, -0.2) is 4.79 Å². The molecule has 1 amide bonds. The average molecular weight is 355 g/mol. The Hall–Kier alpha value is -2.57. The van der Waals surface area contributed by atoms with Gasteiger partial charge in [-0.3, -0.25) is 4.90 Å². The standard InChI is InChI=1S/C20H21NO5/c1-24-15-9-7-14(8-10-15)18-17-19(16(22)11-21(17)20(23)26-18)25-12-13-5-3-2-4-6-13/h2-10,16-19,22H,11-12H2,1H3/t16-,17+,18-,19+/m0/s1. The predicted molar refractivity (Wildman–Crippen MR) is 93.7 cm³/mol. The summed E-state index contributed by atoms with van der Waals surface area (Å²) in [5.41, 5.74) is 1.87. The molecule has 2 aliphatic rings. The lowest BCUT2D eigenvalue weighted by molar-refractivity contribution is -0.0485. The molecule has 1 N–H and O–H groups in total. The van der Waals surface area contributed by atoms with E-state index < -0.39 is 24.4 Å². The number of rotatable bonds is 5. The molecule has 0 unspecified atom stereocenters. The third-order valence-corrected chi connectivity index (χ3v) is 4.96. The molecule has 2 heterocycles. The SMILES string of the molecule is COc1ccc([C@@H]2OC(=O)N3C[C@H](O)[C@@H](OCc4ccccc4)[C@@H]23)cc1. The van der Waals surface area contributed by atoms with Crippen LogP contribution in [0.25, 0.3) is 0 Å². The van der Waals surface area contributed by atoms with E-state index >= 15 is 0 Å². The van der Waals surface area contributed by atoms with E-state index in [-0.39, 0.29) is 12.6 Å². The Labute approximate surface area is 151 Å².